The zero-order valence-electron chi connectivity index (χ0n) is 7.57. The summed E-state index contributed by atoms with van der Waals surface area (Å²) >= 11 is 0. The first-order valence-corrected chi connectivity index (χ1v) is 3.77. The van der Waals surface area contributed by atoms with Crippen molar-refractivity contribution >= 4 is 0 Å². The van der Waals surface area contributed by atoms with Crippen LogP contribution >= 0.6 is 0 Å². The first kappa shape index (κ1) is 10.8. The molecule has 1 rings (SSSR count). The molecule has 0 aliphatic carbocycles. The fraction of sp³-hybridized carbons (Fsp3) is 0.333. The topological polar surface area (TPSA) is 9.23 Å². The predicted molar refractivity (Wildman–Crippen MR) is 42.7 cm³/mol. The minimum Gasteiger partial charge on any atom is -0.496 e. The molecular weight excluding hydrogens is 200 g/mol. The Morgan fingerprint density at radius 1 is 1.21 bits per heavy atom. The summed E-state index contributed by atoms with van der Waals surface area (Å²) in [6.45, 7) is 1.24. The van der Waals surface area contributed by atoms with Gasteiger partial charge in [-0.1, -0.05) is 0 Å². The van der Waals surface area contributed by atoms with Gasteiger partial charge in [-0.15, -0.1) is 0 Å². The third-order valence-electron chi connectivity index (χ3n) is 1.85. The van der Waals surface area contributed by atoms with Gasteiger partial charge in [0.15, 0.2) is 0 Å². The highest BCUT2D eigenvalue weighted by molar-refractivity contribution is 5.41. The lowest BCUT2D eigenvalue weighted by molar-refractivity contribution is -0.138. The molecule has 14 heavy (non-hydrogen) atoms. The maximum atomic E-state index is 12.7. The number of methoxy groups -OCH3 is 1. The molecule has 0 saturated heterocycles. The second-order valence-electron chi connectivity index (χ2n) is 2.78. The van der Waals surface area contributed by atoms with Gasteiger partial charge in [-0.3, -0.25) is 0 Å². The highest BCUT2D eigenvalue weighted by Crippen LogP contribution is 2.36. The summed E-state index contributed by atoms with van der Waals surface area (Å²) in [5, 5.41) is 0. The Kier molecular flexibility index (Phi) is 2.69. The van der Waals surface area contributed by atoms with Crippen LogP contribution in [0.5, 0.6) is 5.75 Å². The Morgan fingerprint density at radius 2 is 1.79 bits per heavy atom. The Bertz CT molecular complexity index is 343. The lowest BCUT2D eigenvalue weighted by atomic mass is 10.1. The smallest absolute Gasteiger partial charge is 0.416 e. The van der Waals surface area contributed by atoms with Crippen LogP contribution in [0.1, 0.15) is 11.1 Å². The molecule has 0 atom stereocenters. The number of halogens is 4. The fourth-order valence-electron chi connectivity index (χ4n) is 1.16. The van der Waals surface area contributed by atoms with Crippen LogP contribution in [0.25, 0.3) is 0 Å². The third kappa shape index (κ3) is 1.97. The molecule has 1 aromatic rings. The predicted octanol–water partition coefficient (Wildman–Crippen LogP) is 3.16. The van der Waals surface area contributed by atoms with Crippen LogP contribution in [0, 0.1) is 12.7 Å². The highest BCUT2D eigenvalue weighted by atomic mass is 19.4. The van der Waals surface area contributed by atoms with E-state index >= 15 is 0 Å². The highest BCUT2D eigenvalue weighted by Gasteiger charge is 2.34. The summed E-state index contributed by atoms with van der Waals surface area (Å²) < 4.78 is 54.3. The molecule has 0 unspecified atom stereocenters. The van der Waals surface area contributed by atoms with Crippen LogP contribution in [-0.2, 0) is 6.18 Å². The minimum absolute atomic E-state index is 0.0997. The standard InChI is InChI=1S/C9H8F4O/c1-5-7(9(11,12)13)3-6(10)4-8(5)14-2/h3-4H,1-2H3. The zero-order valence-corrected chi connectivity index (χ0v) is 7.57. The van der Waals surface area contributed by atoms with Gasteiger partial charge in [-0.2, -0.15) is 13.2 Å². The van der Waals surface area contributed by atoms with Gasteiger partial charge in [0.25, 0.3) is 0 Å². The molecule has 0 heterocycles. The number of hydrogen-bond donors (Lipinski definition) is 0. The van der Waals surface area contributed by atoms with Crippen LogP contribution in [0.15, 0.2) is 12.1 Å². The van der Waals surface area contributed by atoms with E-state index in [1.807, 2.05) is 0 Å². The van der Waals surface area contributed by atoms with Crippen molar-refractivity contribution in [1.29, 1.82) is 0 Å². The average molecular weight is 208 g/mol. The van der Waals surface area contributed by atoms with Crippen molar-refractivity contribution < 1.29 is 22.3 Å². The van der Waals surface area contributed by atoms with Crippen molar-refractivity contribution in [2.45, 2.75) is 13.1 Å². The van der Waals surface area contributed by atoms with Gasteiger partial charge in [-0.25, -0.2) is 4.39 Å². The van der Waals surface area contributed by atoms with E-state index in [0.717, 1.165) is 6.07 Å². The summed E-state index contributed by atoms with van der Waals surface area (Å²) in [4.78, 5) is 0. The van der Waals surface area contributed by atoms with Gasteiger partial charge in [0.05, 0.1) is 12.7 Å². The maximum absolute atomic E-state index is 12.7. The van der Waals surface area contributed by atoms with Crippen LogP contribution in [0.4, 0.5) is 17.6 Å². The number of alkyl halides is 3. The van der Waals surface area contributed by atoms with Crippen molar-refractivity contribution in [3.63, 3.8) is 0 Å². The summed E-state index contributed by atoms with van der Waals surface area (Å²) in [5.41, 5.74) is -1.12. The largest absolute Gasteiger partial charge is 0.496 e. The summed E-state index contributed by atoms with van der Waals surface area (Å²) in [6, 6.07) is 1.38. The number of rotatable bonds is 1. The normalized spacial score (nSPS) is 11.6. The van der Waals surface area contributed by atoms with Gasteiger partial charge in [0.1, 0.15) is 11.6 Å². The fourth-order valence-corrected chi connectivity index (χ4v) is 1.16. The van der Waals surface area contributed by atoms with Crippen molar-refractivity contribution in [2.24, 2.45) is 0 Å². The molecule has 0 radical (unpaired) electrons. The van der Waals surface area contributed by atoms with Crippen LogP contribution in [-0.4, -0.2) is 7.11 Å². The van der Waals surface area contributed by atoms with Crippen molar-refractivity contribution in [3.05, 3.63) is 29.1 Å². The number of hydrogen-bond acceptors (Lipinski definition) is 1. The average Bonchev–Trinajstić information content (AvgIpc) is 2.06. The summed E-state index contributed by atoms with van der Waals surface area (Å²) in [5.74, 6) is -1.06. The lowest BCUT2D eigenvalue weighted by Gasteiger charge is -2.13. The van der Waals surface area contributed by atoms with Crippen LogP contribution in [0.3, 0.4) is 0 Å². The summed E-state index contributed by atoms with van der Waals surface area (Å²) in [6.07, 6.45) is -4.56. The molecule has 5 heteroatoms. The number of benzene rings is 1. The second kappa shape index (κ2) is 3.48. The maximum Gasteiger partial charge on any atom is 0.416 e. The van der Waals surface area contributed by atoms with E-state index < -0.39 is 17.6 Å². The minimum atomic E-state index is -4.56. The Hall–Kier alpha value is -1.26. The van der Waals surface area contributed by atoms with Crippen LogP contribution < -0.4 is 4.74 Å². The molecule has 0 aliphatic heterocycles. The zero-order chi connectivity index (χ0) is 10.9. The Morgan fingerprint density at radius 3 is 2.21 bits per heavy atom. The van der Waals surface area contributed by atoms with Crippen molar-refractivity contribution in [2.75, 3.05) is 7.11 Å². The monoisotopic (exact) mass is 208 g/mol. The molecule has 1 nitrogen and oxygen atoms in total. The van der Waals surface area contributed by atoms with E-state index in [1.54, 1.807) is 0 Å². The molecule has 0 fully saturated rings. The molecule has 0 aliphatic rings. The second-order valence-corrected chi connectivity index (χ2v) is 2.78. The van der Waals surface area contributed by atoms with Crippen molar-refractivity contribution in [1.82, 2.24) is 0 Å². The number of ether oxygens (including phenoxy) is 1. The van der Waals surface area contributed by atoms with Gasteiger partial charge < -0.3 is 4.74 Å². The van der Waals surface area contributed by atoms with E-state index in [9.17, 15) is 17.6 Å². The lowest BCUT2D eigenvalue weighted by Crippen LogP contribution is -2.09. The molecule has 0 aromatic heterocycles. The van der Waals surface area contributed by atoms with Gasteiger partial charge in [0, 0.05) is 11.6 Å². The molecule has 0 saturated carbocycles. The van der Waals surface area contributed by atoms with Crippen molar-refractivity contribution in [3.8, 4) is 5.75 Å². The first-order chi connectivity index (χ1) is 6.36. The molecule has 0 spiro atoms. The molecular formula is C9H8F4O. The molecule has 0 bridgehead atoms. The molecule has 0 amide bonds. The van der Waals surface area contributed by atoms with E-state index in [-0.39, 0.29) is 11.3 Å². The third-order valence-corrected chi connectivity index (χ3v) is 1.85. The molecule has 0 N–H and O–H groups in total. The SMILES string of the molecule is COc1cc(F)cc(C(F)(F)F)c1C. The summed E-state index contributed by atoms with van der Waals surface area (Å²) in [7, 11) is 1.20. The van der Waals surface area contributed by atoms with Gasteiger partial charge in [-0.05, 0) is 13.0 Å². The van der Waals surface area contributed by atoms with E-state index in [1.165, 1.54) is 14.0 Å². The van der Waals surface area contributed by atoms with Gasteiger partial charge in [0.2, 0.25) is 0 Å². The molecule has 78 valence electrons. The van der Waals surface area contributed by atoms with E-state index in [4.69, 9.17) is 0 Å². The van der Waals surface area contributed by atoms with E-state index in [0.29, 0.717) is 6.07 Å². The van der Waals surface area contributed by atoms with E-state index in [2.05, 4.69) is 4.74 Å². The first-order valence-electron chi connectivity index (χ1n) is 3.77. The quantitative estimate of drug-likeness (QED) is 0.644. The Balaban J connectivity index is 3.37. The molecule has 1 aromatic carbocycles. The van der Waals surface area contributed by atoms with Crippen LogP contribution in [0.2, 0.25) is 0 Å². The van der Waals surface area contributed by atoms with Gasteiger partial charge >= 0.3 is 6.18 Å². The Labute approximate surface area is 78.3 Å².